The molecule has 2 atom stereocenters. The highest BCUT2D eigenvalue weighted by Gasteiger charge is 2.18. The molecule has 0 aliphatic carbocycles. The van der Waals surface area contributed by atoms with Crippen molar-refractivity contribution < 1.29 is 24.5 Å². The minimum atomic E-state index is -0.846. The second kappa shape index (κ2) is 64.9. The van der Waals surface area contributed by atoms with Crippen LogP contribution in [-0.2, 0) is 14.3 Å². The number of carbonyl (C=O) groups excluding carboxylic acids is 2. The molecule has 1 amide bonds. The highest BCUT2D eigenvalue weighted by Crippen LogP contribution is 2.18. The summed E-state index contributed by atoms with van der Waals surface area (Å²) in [5, 5.41) is 23.2. The molecule has 6 heteroatoms. The fraction of sp³-hybridized carbons (Fsp3) is 0.913. The summed E-state index contributed by atoms with van der Waals surface area (Å²) in [6.45, 7) is 4.93. The Kier molecular flexibility index (Phi) is 63.4. The van der Waals surface area contributed by atoms with Crippen LogP contribution in [0.25, 0.3) is 0 Å². The normalized spacial score (nSPS) is 12.6. The fourth-order valence-corrected chi connectivity index (χ4v) is 10.7. The lowest BCUT2D eigenvalue weighted by Gasteiger charge is -2.20. The van der Waals surface area contributed by atoms with Gasteiger partial charge in [0.15, 0.2) is 0 Å². The van der Waals surface area contributed by atoms with Gasteiger partial charge in [-0.1, -0.05) is 334 Å². The quantitative estimate of drug-likeness (QED) is 0.0320. The molecule has 75 heavy (non-hydrogen) atoms. The highest BCUT2D eigenvalue weighted by atomic mass is 16.5. The lowest BCUT2D eigenvalue weighted by atomic mass is 10.0. The van der Waals surface area contributed by atoms with Crippen LogP contribution >= 0.6 is 0 Å². The van der Waals surface area contributed by atoms with Crippen molar-refractivity contribution in [2.75, 3.05) is 13.2 Å². The van der Waals surface area contributed by atoms with Crippen LogP contribution in [0.3, 0.4) is 0 Å². The van der Waals surface area contributed by atoms with E-state index < -0.39 is 12.1 Å². The number of aliphatic hydroxyl groups is 2. The Hall–Kier alpha value is -1.66. The minimum absolute atomic E-state index is 0.00482. The maximum Gasteiger partial charge on any atom is 0.305 e. The van der Waals surface area contributed by atoms with E-state index in [1.165, 1.54) is 308 Å². The Morgan fingerprint density at radius 1 is 0.360 bits per heavy atom. The first-order valence-electron chi connectivity index (χ1n) is 34.1. The van der Waals surface area contributed by atoms with Gasteiger partial charge in [0, 0.05) is 12.8 Å². The van der Waals surface area contributed by atoms with Crippen LogP contribution in [0.5, 0.6) is 0 Å². The van der Waals surface area contributed by atoms with E-state index in [2.05, 4.69) is 31.3 Å². The number of carbonyl (C=O) groups is 2. The SMILES string of the molecule is CCCCCCCCC/C=C\CCCCCCCC(=O)OCCCCCCCCCCCCCCCCCCCCCCCC(=O)NC(CO)C(O)/C=C/CCCCCCCCCCCCCCCCCCCCC. The Balaban J connectivity index is 3.41. The number of allylic oxidation sites excluding steroid dienone is 3. The maximum absolute atomic E-state index is 12.5. The van der Waals surface area contributed by atoms with Gasteiger partial charge in [0.25, 0.3) is 0 Å². The van der Waals surface area contributed by atoms with Crippen LogP contribution in [0.2, 0.25) is 0 Å². The van der Waals surface area contributed by atoms with Gasteiger partial charge in [0.1, 0.15) is 0 Å². The molecule has 0 saturated carbocycles. The number of aliphatic hydroxyl groups excluding tert-OH is 2. The first-order valence-corrected chi connectivity index (χ1v) is 34.1. The van der Waals surface area contributed by atoms with Crippen molar-refractivity contribution in [3.05, 3.63) is 24.3 Å². The summed E-state index contributed by atoms with van der Waals surface area (Å²) in [7, 11) is 0. The van der Waals surface area contributed by atoms with Crippen LogP contribution in [0.1, 0.15) is 380 Å². The smallest absolute Gasteiger partial charge is 0.305 e. The number of amides is 1. The molecule has 0 aromatic heterocycles. The number of esters is 1. The van der Waals surface area contributed by atoms with Gasteiger partial charge in [0.05, 0.1) is 25.4 Å². The molecular formula is C69H133NO5. The zero-order chi connectivity index (χ0) is 54.3. The lowest BCUT2D eigenvalue weighted by Crippen LogP contribution is -2.45. The molecule has 0 aromatic carbocycles. The number of ether oxygens (including phenoxy) is 1. The Morgan fingerprint density at radius 2 is 0.627 bits per heavy atom. The van der Waals surface area contributed by atoms with E-state index in [1.807, 2.05) is 6.08 Å². The van der Waals surface area contributed by atoms with E-state index in [9.17, 15) is 19.8 Å². The molecule has 444 valence electrons. The van der Waals surface area contributed by atoms with Crippen LogP contribution in [0.15, 0.2) is 24.3 Å². The van der Waals surface area contributed by atoms with Crippen LogP contribution in [0, 0.1) is 0 Å². The number of rotatable bonds is 64. The van der Waals surface area contributed by atoms with Gasteiger partial charge in [-0.05, 0) is 57.8 Å². The predicted molar refractivity (Wildman–Crippen MR) is 329 cm³/mol. The van der Waals surface area contributed by atoms with Gasteiger partial charge in [-0.25, -0.2) is 0 Å². The first kappa shape index (κ1) is 73.3. The summed E-state index contributed by atoms with van der Waals surface area (Å²) in [5.41, 5.74) is 0. The van der Waals surface area contributed by atoms with Gasteiger partial charge in [-0.2, -0.15) is 0 Å². The average molecular weight is 1060 g/mol. The molecule has 0 spiro atoms. The molecule has 0 aliphatic heterocycles. The number of hydrogen-bond donors (Lipinski definition) is 3. The third kappa shape index (κ3) is 61.4. The fourth-order valence-electron chi connectivity index (χ4n) is 10.7. The monoisotopic (exact) mass is 1060 g/mol. The molecule has 0 saturated heterocycles. The second-order valence-corrected chi connectivity index (χ2v) is 23.5. The average Bonchev–Trinajstić information content (AvgIpc) is 3.41. The molecule has 3 N–H and O–H groups in total. The summed E-state index contributed by atoms with van der Waals surface area (Å²) < 4.78 is 5.49. The van der Waals surface area contributed by atoms with Gasteiger partial charge >= 0.3 is 5.97 Å². The summed E-state index contributed by atoms with van der Waals surface area (Å²) in [6, 6.07) is -0.630. The third-order valence-corrected chi connectivity index (χ3v) is 16.0. The van der Waals surface area contributed by atoms with Gasteiger partial charge in [0.2, 0.25) is 5.91 Å². The predicted octanol–water partition coefficient (Wildman–Crippen LogP) is 21.8. The van der Waals surface area contributed by atoms with Gasteiger partial charge < -0.3 is 20.3 Å². The standard InChI is InChI=1S/C69H133NO5/c1-3-5-7-9-11-13-15-17-19-21-22-24-27-30-33-37-41-45-49-53-57-61-67(72)66(65-71)70-68(73)62-58-54-50-46-42-38-34-31-28-25-23-26-29-32-36-40-44-48-52-56-60-64-75-69(74)63-59-55-51-47-43-39-35-20-18-16-14-12-10-8-6-4-2/h20,35,57,61,66-67,71-72H,3-19,21-34,36-56,58-60,62-65H2,1-2H3,(H,70,73)/b35-20-,61-57+. The van der Waals surface area contributed by atoms with Crippen LogP contribution in [-0.4, -0.2) is 47.4 Å². The molecular weight excluding hydrogens is 923 g/mol. The largest absolute Gasteiger partial charge is 0.466 e. The molecule has 0 fully saturated rings. The summed E-state index contributed by atoms with van der Waals surface area (Å²) in [6.07, 6.45) is 80.9. The van der Waals surface area contributed by atoms with Crippen molar-refractivity contribution >= 4 is 11.9 Å². The molecule has 2 unspecified atom stereocenters. The van der Waals surface area contributed by atoms with E-state index >= 15 is 0 Å². The summed E-state index contributed by atoms with van der Waals surface area (Å²) >= 11 is 0. The van der Waals surface area contributed by atoms with E-state index in [0.717, 1.165) is 44.9 Å². The molecule has 0 radical (unpaired) electrons. The van der Waals surface area contributed by atoms with Crippen LogP contribution < -0.4 is 5.32 Å². The first-order chi connectivity index (χ1) is 37.0. The zero-order valence-corrected chi connectivity index (χ0v) is 50.8. The van der Waals surface area contributed by atoms with Crippen molar-refractivity contribution in [1.29, 1.82) is 0 Å². The summed E-state index contributed by atoms with van der Waals surface area (Å²) in [5.74, 6) is -0.0604. The third-order valence-electron chi connectivity index (χ3n) is 16.0. The van der Waals surface area contributed by atoms with E-state index in [1.54, 1.807) is 6.08 Å². The Morgan fingerprint density at radius 3 is 0.947 bits per heavy atom. The number of unbranched alkanes of at least 4 members (excludes halogenated alkanes) is 51. The summed E-state index contributed by atoms with van der Waals surface area (Å²) in [4.78, 5) is 24.6. The maximum atomic E-state index is 12.5. The highest BCUT2D eigenvalue weighted by molar-refractivity contribution is 5.76. The molecule has 0 bridgehead atoms. The zero-order valence-electron chi connectivity index (χ0n) is 50.8. The molecule has 0 heterocycles. The van der Waals surface area contributed by atoms with Crippen molar-refractivity contribution in [2.45, 2.75) is 392 Å². The molecule has 0 rings (SSSR count). The second-order valence-electron chi connectivity index (χ2n) is 23.5. The van der Waals surface area contributed by atoms with Crippen molar-refractivity contribution in [1.82, 2.24) is 5.32 Å². The van der Waals surface area contributed by atoms with Crippen molar-refractivity contribution in [3.8, 4) is 0 Å². The van der Waals surface area contributed by atoms with Crippen molar-refractivity contribution in [2.24, 2.45) is 0 Å². The van der Waals surface area contributed by atoms with E-state index in [0.29, 0.717) is 19.4 Å². The van der Waals surface area contributed by atoms with Gasteiger partial charge in [-0.15, -0.1) is 0 Å². The number of nitrogens with one attached hydrogen (secondary N) is 1. The molecule has 0 aliphatic rings. The number of hydrogen-bond acceptors (Lipinski definition) is 5. The van der Waals surface area contributed by atoms with Crippen LogP contribution in [0.4, 0.5) is 0 Å². The Bertz CT molecular complexity index is 1170. The molecule has 0 aromatic rings. The van der Waals surface area contributed by atoms with E-state index in [4.69, 9.17) is 4.74 Å². The topological polar surface area (TPSA) is 95.9 Å². The lowest BCUT2D eigenvalue weighted by molar-refractivity contribution is -0.143. The minimum Gasteiger partial charge on any atom is -0.466 e. The molecule has 6 nitrogen and oxygen atoms in total. The Labute approximate surface area is 469 Å². The van der Waals surface area contributed by atoms with Gasteiger partial charge in [-0.3, -0.25) is 9.59 Å². The van der Waals surface area contributed by atoms with E-state index in [-0.39, 0.29) is 18.5 Å². The van der Waals surface area contributed by atoms with Crippen molar-refractivity contribution in [3.63, 3.8) is 0 Å².